The highest BCUT2D eigenvalue weighted by molar-refractivity contribution is 5.96. The minimum absolute atomic E-state index is 0.00787. The van der Waals surface area contributed by atoms with Crippen LogP contribution < -0.4 is 0 Å². The van der Waals surface area contributed by atoms with Crippen LogP contribution in [0.1, 0.15) is 47.9 Å². The van der Waals surface area contributed by atoms with Crippen LogP contribution in [-0.4, -0.2) is 62.9 Å². The molecule has 2 amide bonds. The number of nitrogens with zero attached hydrogens (tertiary/aromatic N) is 3. The van der Waals surface area contributed by atoms with Crippen LogP contribution in [0.2, 0.25) is 0 Å². The lowest BCUT2D eigenvalue weighted by atomic mass is 9.77. The van der Waals surface area contributed by atoms with Gasteiger partial charge in [0.25, 0.3) is 5.91 Å². The van der Waals surface area contributed by atoms with Crippen molar-refractivity contribution in [3.05, 3.63) is 23.0 Å². The zero-order chi connectivity index (χ0) is 19.2. The van der Waals surface area contributed by atoms with Gasteiger partial charge in [0.05, 0.1) is 17.0 Å². The molecule has 1 aromatic rings. The minimum Gasteiger partial charge on any atom is -0.481 e. The lowest BCUT2D eigenvalue weighted by Crippen LogP contribution is -2.57. The number of rotatable bonds is 3. The molecule has 2 saturated heterocycles. The number of hydrogen-bond acceptors (Lipinski definition) is 3. The van der Waals surface area contributed by atoms with E-state index < -0.39 is 17.4 Å². The first-order valence-electron chi connectivity index (χ1n) is 9.18. The molecule has 7 heteroatoms. The summed E-state index contributed by atoms with van der Waals surface area (Å²) in [6, 6.07) is 1.93. The molecule has 2 aliphatic rings. The van der Waals surface area contributed by atoms with Crippen molar-refractivity contribution in [3.63, 3.8) is 0 Å². The monoisotopic (exact) mass is 361 g/mol. The second kappa shape index (κ2) is 6.45. The van der Waals surface area contributed by atoms with Crippen LogP contribution >= 0.6 is 0 Å². The Morgan fingerprint density at radius 3 is 2.38 bits per heavy atom. The summed E-state index contributed by atoms with van der Waals surface area (Å²) in [4.78, 5) is 40.1. The first kappa shape index (κ1) is 18.5. The van der Waals surface area contributed by atoms with Crippen LogP contribution in [0.5, 0.6) is 0 Å². The van der Waals surface area contributed by atoms with Crippen molar-refractivity contribution in [2.24, 2.45) is 5.92 Å². The minimum atomic E-state index is -0.922. The highest BCUT2D eigenvalue weighted by atomic mass is 16.4. The average Bonchev–Trinajstić information content (AvgIpc) is 3.03. The molecule has 1 spiro atoms. The molecule has 1 aromatic heterocycles. The number of likely N-dealkylation sites (tertiary alicyclic amines) is 2. The van der Waals surface area contributed by atoms with E-state index in [1.807, 2.05) is 19.9 Å². The Labute approximate surface area is 153 Å². The molecule has 26 heavy (non-hydrogen) atoms. The SMILES string of the molecule is CCn1c(C)cc(C(=O)N2CCC3(CC2)[C@H](C(=O)O)CC(=O)N3C)c1C. The van der Waals surface area contributed by atoms with Gasteiger partial charge in [-0.15, -0.1) is 0 Å². The van der Waals surface area contributed by atoms with Gasteiger partial charge in [0.15, 0.2) is 0 Å². The smallest absolute Gasteiger partial charge is 0.309 e. The van der Waals surface area contributed by atoms with Crippen LogP contribution in [0.4, 0.5) is 0 Å². The Morgan fingerprint density at radius 2 is 1.88 bits per heavy atom. The van der Waals surface area contributed by atoms with Gasteiger partial charge >= 0.3 is 5.97 Å². The Bertz CT molecular complexity index is 759. The van der Waals surface area contributed by atoms with Gasteiger partial charge in [-0.05, 0) is 39.7 Å². The summed E-state index contributed by atoms with van der Waals surface area (Å²) in [5.41, 5.74) is 2.08. The van der Waals surface area contributed by atoms with Crippen LogP contribution in [0, 0.1) is 19.8 Å². The average molecular weight is 361 g/mol. The van der Waals surface area contributed by atoms with Crippen molar-refractivity contribution >= 4 is 17.8 Å². The third-order valence-electron chi connectivity index (χ3n) is 6.40. The fourth-order valence-corrected chi connectivity index (χ4v) is 4.76. The van der Waals surface area contributed by atoms with E-state index in [1.165, 1.54) is 0 Å². The van der Waals surface area contributed by atoms with Gasteiger partial charge < -0.3 is 19.5 Å². The van der Waals surface area contributed by atoms with Crippen LogP contribution in [0.3, 0.4) is 0 Å². The molecule has 2 aliphatic heterocycles. The van der Waals surface area contributed by atoms with Crippen molar-refractivity contribution in [1.82, 2.24) is 14.4 Å². The van der Waals surface area contributed by atoms with Crippen LogP contribution in [0.25, 0.3) is 0 Å². The van der Waals surface area contributed by atoms with E-state index in [9.17, 15) is 19.5 Å². The highest BCUT2D eigenvalue weighted by Gasteiger charge is 2.55. The summed E-state index contributed by atoms with van der Waals surface area (Å²) in [5, 5.41) is 9.55. The molecular weight excluding hydrogens is 334 g/mol. The third-order valence-corrected chi connectivity index (χ3v) is 6.40. The quantitative estimate of drug-likeness (QED) is 0.888. The number of carboxylic acids is 1. The summed E-state index contributed by atoms with van der Waals surface area (Å²) < 4.78 is 2.11. The number of carboxylic acid groups (broad SMARTS) is 1. The van der Waals surface area contributed by atoms with E-state index in [4.69, 9.17) is 0 Å². The van der Waals surface area contributed by atoms with E-state index in [0.29, 0.717) is 31.5 Å². The molecule has 1 atom stereocenters. The molecule has 0 radical (unpaired) electrons. The fraction of sp³-hybridized carbons (Fsp3) is 0.632. The van der Waals surface area contributed by atoms with Crippen molar-refractivity contribution in [1.29, 1.82) is 0 Å². The number of carbonyl (C=O) groups is 3. The van der Waals surface area contributed by atoms with Crippen molar-refractivity contribution in [3.8, 4) is 0 Å². The number of aliphatic carboxylic acids is 1. The van der Waals surface area contributed by atoms with Gasteiger partial charge in [0.1, 0.15) is 0 Å². The number of carbonyl (C=O) groups excluding carboxylic acids is 2. The van der Waals surface area contributed by atoms with Gasteiger partial charge in [-0.2, -0.15) is 0 Å². The normalized spacial score (nSPS) is 22.3. The Hall–Kier alpha value is -2.31. The molecule has 0 aliphatic carbocycles. The van der Waals surface area contributed by atoms with Gasteiger partial charge in [-0.1, -0.05) is 0 Å². The van der Waals surface area contributed by atoms with Gasteiger partial charge in [-0.25, -0.2) is 0 Å². The summed E-state index contributed by atoms with van der Waals surface area (Å²) in [6.45, 7) is 7.76. The molecular formula is C19H27N3O4. The first-order chi connectivity index (χ1) is 12.2. The molecule has 0 bridgehead atoms. The zero-order valence-electron chi connectivity index (χ0n) is 15.9. The van der Waals surface area contributed by atoms with Crippen molar-refractivity contribution < 1.29 is 19.5 Å². The van der Waals surface area contributed by atoms with Crippen LogP contribution in [-0.2, 0) is 16.1 Å². The Morgan fingerprint density at radius 1 is 1.27 bits per heavy atom. The summed E-state index contributed by atoms with van der Waals surface area (Å²) in [5.74, 6) is -1.74. The maximum absolute atomic E-state index is 13.0. The maximum atomic E-state index is 13.0. The summed E-state index contributed by atoms with van der Waals surface area (Å²) >= 11 is 0. The summed E-state index contributed by atoms with van der Waals surface area (Å²) in [6.07, 6.45) is 1.06. The number of hydrogen-bond donors (Lipinski definition) is 1. The molecule has 2 fully saturated rings. The predicted molar refractivity (Wildman–Crippen MR) is 96.0 cm³/mol. The largest absolute Gasteiger partial charge is 0.481 e. The molecule has 0 saturated carbocycles. The summed E-state index contributed by atoms with van der Waals surface area (Å²) in [7, 11) is 1.69. The van der Waals surface area contributed by atoms with E-state index in [2.05, 4.69) is 11.5 Å². The molecule has 3 rings (SSSR count). The number of piperidine rings is 1. The van der Waals surface area contributed by atoms with Crippen molar-refractivity contribution in [2.45, 2.75) is 52.1 Å². The zero-order valence-corrected chi connectivity index (χ0v) is 15.9. The maximum Gasteiger partial charge on any atom is 0.309 e. The Balaban J connectivity index is 1.79. The van der Waals surface area contributed by atoms with Crippen LogP contribution in [0.15, 0.2) is 6.07 Å². The standard InChI is InChI=1S/C19H27N3O4/c1-5-22-12(2)10-14(13(22)3)17(24)21-8-6-19(7-9-21)15(18(25)26)11-16(23)20(19)4/h10,15H,5-9,11H2,1-4H3,(H,25,26)/t15-/m0/s1. The number of amides is 2. The van der Waals surface area contributed by atoms with Gasteiger partial charge in [0.2, 0.25) is 5.91 Å². The second-order valence-electron chi connectivity index (χ2n) is 7.47. The van der Waals surface area contributed by atoms with Crippen molar-refractivity contribution in [2.75, 3.05) is 20.1 Å². The van der Waals surface area contributed by atoms with E-state index >= 15 is 0 Å². The van der Waals surface area contributed by atoms with Gasteiger partial charge in [-0.3, -0.25) is 14.4 Å². The van der Waals surface area contributed by atoms with Gasteiger partial charge in [0, 0.05) is 44.5 Å². The number of aromatic nitrogens is 1. The topological polar surface area (TPSA) is 82.9 Å². The molecule has 142 valence electrons. The third kappa shape index (κ3) is 2.61. The van der Waals surface area contributed by atoms with E-state index in [0.717, 1.165) is 17.9 Å². The first-order valence-corrected chi connectivity index (χ1v) is 9.18. The second-order valence-corrected chi connectivity index (χ2v) is 7.47. The fourth-order valence-electron chi connectivity index (χ4n) is 4.76. The van der Waals surface area contributed by atoms with E-state index in [1.54, 1.807) is 16.8 Å². The lowest BCUT2D eigenvalue weighted by molar-refractivity contribution is -0.145. The number of aryl methyl sites for hydroxylation is 1. The molecule has 1 N–H and O–H groups in total. The highest BCUT2D eigenvalue weighted by Crippen LogP contribution is 2.43. The lowest BCUT2D eigenvalue weighted by Gasteiger charge is -2.45. The molecule has 0 aromatic carbocycles. The Kier molecular flexibility index (Phi) is 4.58. The molecule has 0 unspecified atom stereocenters. The van der Waals surface area contributed by atoms with E-state index in [-0.39, 0.29) is 18.2 Å². The predicted octanol–water partition coefficient (Wildman–Crippen LogP) is 1.66. The molecule has 7 nitrogen and oxygen atoms in total. The molecule has 3 heterocycles.